The molecule has 0 amide bonds. The third-order valence-electron chi connectivity index (χ3n) is 3.30. The molecule has 0 saturated carbocycles. The molecule has 1 N–H and O–H groups in total. The van der Waals surface area contributed by atoms with Gasteiger partial charge in [0.15, 0.2) is 5.88 Å². The van der Waals surface area contributed by atoms with E-state index in [2.05, 4.69) is 9.89 Å². The Morgan fingerprint density at radius 2 is 2.00 bits per heavy atom. The number of furan rings is 1. The van der Waals surface area contributed by atoms with Crippen LogP contribution in [0.2, 0.25) is 5.02 Å². The Bertz CT molecular complexity index is 631. The van der Waals surface area contributed by atoms with E-state index in [1.807, 2.05) is 12.1 Å². The minimum atomic E-state index is 0.0556. The monoisotopic (exact) mass is 290 g/mol. The molecule has 0 spiro atoms. The number of phenolic OH excluding ortho intramolecular Hbond substituents is 1. The van der Waals surface area contributed by atoms with Gasteiger partial charge in [-0.3, -0.25) is 0 Å². The van der Waals surface area contributed by atoms with Gasteiger partial charge in [-0.25, -0.2) is 4.99 Å². The molecule has 0 bridgehead atoms. The lowest BCUT2D eigenvalue weighted by Gasteiger charge is -2.12. The molecule has 1 aliphatic rings. The van der Waals surface area contributed by atoms with Gasteiger partial charge in [-0.1, -0.05) is 11.6 Å². The van der Waals surface area contributed by atoms with Gasteiger partial charge in [-0.2, -0.15) is 0 Å². The highest BCUT2D eigenvalue weighted by Gasteiger charge is 2.15. The summed E-state index contributed by atoms with van der Waals surface area (Å²) in [5, 5.41) is 10.2. The number of hydrogen-bond acceptors (Lipinski definition) is 4. The topological polar surface area (TPSA) is 49.0 Å². The van der Waals surface area contributed by atoms with Gasteiger partial charge in [0.05, 0.1) is 6.21 Å². The van der Waals surface area contributed by atoms with Crippen LogP contribution in [0.1, 0.15) is 18.6 Å². The zero-order chi connectivity index (χ0) is 13.9. The van der Waals surface area contributed by atoms with E-state index in [9.17, 15) is 5.11 Å². The van der Waals surface area contributed by atoms with E-state index in [4.69, 9.17) is 16.0 Å². The summed E-state index contributed by atoms with van der Waals surface area (Å²) < 4.78 is 5.72. The second-order valence-corrected chi connectivity index (χ2v) is 5.20. The zero-order valence-corrected chi connectivity index (χ0v) is 11.7. The van der Waals surface area contributed by atoms with E-state index in [1.54, 1.807) is 18.3 Å². The lowest BCUT2D eigenvalue weighted by atomic mass is 10.3. The van der Waals surface area contributed by atoms with Crippen molar-refractivity contribution in [2.45, 2.75) is 12.8 Å². The van der Waals surface area contributed by atoms with Crippen LogP contribution in [0.3, 0.4) is 0 Å². The van der Waals surface area contributed by atoms with Crippen molar-refractivity contribution in [3.8, 4) is 5.75 Å². The Labute approximate surface area is 122 Å². The molecule has 1 fully saturated rings. The maximum absolute atomic E-state index is 9.71. The molecule has 1 saturated heterocycles. The Morgan fingerprint density at radius 3 is 2.75 bits per heavy atom. The SMILES string of the molecule is Oc1cc(Cl)ccc1N=Cc1ccc(N2CCCC2)o1. The predicted molar refractivity (Wildman–Crippen MR) is 80.5 cm³/mol. The average molecular weight is 291 g/mol. The number of benzene rings is 1. The second kappa shape index (κ2) is 5.59. The Hall–Kier alpha value is -1.94. The molecule has 20 heavy (non-hydrogen) atoms. The van der Waals surface area contributed by atoms with E-state index >= 15 is 0 Å². The summed E-state index contributed by atoms with van der Waals surface area (Å²) in [4.78, 5) is 6.43. The van der Waals surface area contributed by atoms with Crippen molar-refractivity contribution in [1.29, 1.82) is 0 Å². The Morgan fingerprint density at radius 1 is 1.20 bits per heavy atom. The second-order valence-electron chi connectivity index (χ2n) is 4.76. The highest BCUT2D eigenvalue weighted by atomic mass is 35.5. The number of halogens is 1. The van der Waals surface area contributed by atoms with Crippen molar-refractivity contribution < 1.29 is 9.52 Å². The first-order valence-corrected chi connectivity index (χ1v) is 6.97. The van der Waals surface area contributed by atoms with Crippen LogP contribution in [0.5, 0.6) is 5.75 Å². The molecule has 1 aromatic carbocycles. The first-order chi connectivity index (χ1) is 9.72. The fraction of sp³-hybridized carbons (Fsp3) is 0.267. The first kappa shape index (κ1) is 13.1. The molecule has 104 valence electrons. The molecule has 0 atom stereocenters. The summed E-state index contributed by atoms with van der Waals surface area (Å²) >= 11 is 5.77. The van der Waals surface area contributed by atoms with Crippen molar-refractivity contribution in [3.63, 3.8) is 0 Å². The Balaban J connectivity index is 1.75. The molecule has 3 rings (SSSR count). The number of rotatable bonds is 3. The number of nitrogens with zero attached hydrogens (tertiary/aromatic N) is 2. The fourth-order valence-electron chi connectivity index (χ4n) is 2.26. The van der Waals surface area contributed by atoms with Crippen LogP contribution in [0.4, 0.5) is 11.6 Å². The first-order valence-electron chi connectivity index (χ1n) is 6.60. The molecular formula is C15H15ClN2O2. The molecule has 4 nitrogen and oxygen atoms in total. The van der Waals surface area contributed by atoms with E-state index in [-0.39, 0.29) is 5.75 Å². The molecule has 0 unspecified atom stereocenters. The number of phenols is 1. The normalized spacial score (nSPS) is 15.3. The van der Waals surface area contributed by atoms with Crippen LogP contribution in [0, 0.1) is 0 Å². The summed E-state index contributed by atoms with van der Waals surface area (Å²) in [6, 6.07) is 8.65. The fourth-order valence-corrected chi connectivity index (χ4v) is 2.42. The zero-order valence-electron chi connectivity index (χ0n) is 10.9. The van der Waals surface area contributed by atoms with E-state index in [1.165, 1.54) is 18.9 Å². The van der Waals surface area contributed by atoms with Gasteiger partial charge < -0.3 is 14.4 Å². The van der Waals surface area contributed by atoms with E-state index in [0.29, 0.717) is 16.5 Å². The summed E-state index contributed by atoms with van der Waals surface area (Å²) in [5.74, 6) is 1.60. The lowest BCUT2D eigenvalue weighted by Crippen LogP contribution is -2.16. The van der Waals surface area contributed by atoms with Gasteiger partial charge in [0, 0.05) is 30.2 Å². The molecule has 5 heteroatoms. The molecule has 2 heterocycles. The van der Waals surface area contributed by atoms with Crippen molar-refractivity contribution in [3.05, 3.63) is 41.1 Å². The summed E-state index contributed by atoms with van der Waals surface area (Å²) in [6.45, 7) is 2.09. The standard InChI is InChI=1S/C15H15ClN2O2/c16-11-3-5-13(14(19)9-11)17-10-12-4-6-15(20-12)18-7-1-2-8-18/h3-6,9-10,19H,1-2,7-8H2. The molecule has 2 aromatic rings. The quantitative estimate of drug-likeness (QED) is 0.870. The number of hydrogen-bond donors (Lipinski definition) is 1. The van der Waals surface area contributed by atoms with Crippen LogP contribution in [0.25, 0.3) is 0 Å². The van der Waals surface area contributed by atoms with Crippen molar-refractivity contribution in [1.82, 2.24) is 0 Å². The number of aliphatic imine (C=N–C) groups is 1. The van der Waals surface area contributed by atoms with Crippen molar-refractivity contribution in [2.75, 3.05) is 18.0 Å². The smallest absolute Gasteiger partial charge is 0.196 e. The van der Waals surface area contributed by atoms with Crippen LogP contribution in [0.15, 0.2) is 39.7 Å². The average Bonchev–Trinajstić information content (AvgIpc) is 3.08. The summed E-state index contributed by atoms with van der Waals surface area (Å²) in [6.07, 6.45) is 4.02. The number of anilines is 1. The molecular weight excluding hydrogens is 276 g/mol. The van der Waals surface area contributed by atoms with Crippen LogP contribution in [-0.2, 0) is 0 Å². The largest absolute Gasteiger partial charge is 0.506 e. The lowest BCUT2D eigenvalue weighted by molar-refractivity contribution is 0.477. The molecule has 1 aromatic heterocycles. The van der Waals surface area contributed by atoms with Gasteiger partial charge >= 0.3 is 0 Å². The van der Waals surface area contributed by atoms with E-state index < -0.39 is 0 Å². The summed E-state index contributed by atoms with van der Waals surface area (Å²) in [7, 11) is 0. The Kier molecular flexibility index (Phi) is 3.65. The number of aromatic hydroxyl groups is 1. The van der Waals surface area contributed by atoms with Gasteiger partial charge in [-0.15, -0.1) is 0 Å². The third-order valence-corrected chi connectivity index (χ3v) is 3.53. The molecule has 0 radical (unpaired) electrons. The minimum absolute atomic E-state index is 0.0556. The third kappa shape index (κ3) is 2.80. The van der Waals surface area contributed by atoms with Gasteiger partial charge in [0.2, 0.25) is 0 Å². The van der Waals surface area contributed by atoms with Crippen molar-refractivity contribution in [2.24, 2.45) is 4.99 Å². The highest BCUT2D eigenvalue weighted by Crippen LogP contribution is 2.29. The minimum Gasteiger partial charge on any atom is -0.506 e. The van der Waals surface area contributed by atoms with Crippen LogP contribution >= 0.6 is 11.6 Å². The van der Waals surface area contributed by atoms with Gasteiger partial charge in [0.1, 0.15) is 17.2 Å². The van der Waals surface area contributed by atoms with Gasteiger partial charge in [-0.05, 0) is 31.0 Å². The maximum atomic E-state index is 9.71. The molecule has 1 aliphatic heterocycles. The van der Waals surface area contributed by atoms with Crippen LogP contribution < -0.4 is 4.90 Å². The highest BCUT2D eigenvalue weighted by molar-refractivity contribution is 6.30. The van der Waals surface area contributed by atoms with Gasteiger partial charge in [0.25, 0.3) is 0 Å². The van der Waals surface area contributed by atoms with E-state index in [0.717, 1.165) is 19.0 Å². The summed E-state index contributed by atoms with van der Waals surface area (Å²) in [5.41, 5.74) is 0.466. The van der Waals surface area contributed by atoms with Crippen molar-refractivity contribution >= 4 is 29.4 Å². The van der Waals surface area contributed by atoms with Crippen LogP contribution in [-0.4, -0.2) is 24.4 Å². The molecule has 0 aliphatic carbocycles. The predicted octanol–water partition coefficient (Wildman–Crippen LogP) is 3.99. The maximum Gasteiger partial charge on any atom is 0.196 e.